The Morgan fingerprint density at radius 1 is 1.07 bits per heavy atom. The molecule has 4 nitrogen and oxygen atoms in total. The van der Waals surface area contributed by atoms with Crippen molar-refractivity contribution in [2.75, 3.05) is 21.3 Å². The van der Waals surface area contributed by atoms with E-state index in [1.807, 2.05) is 55.5 Å². The monoisotopic (exact) mass is 366 g/mol. The quantitative estimate of drug-likeness (QED) is 0.367. The van der Waals surface area contributed by atoms with Crippen molar-refractivity contribution >= 4 is 18.1 Å². The van der Waals surface area contributed by atoms with Crippen LogP contribution < -0.4 is 9.47 Å². The van der Waals surface area contributed by atoms with E-state index in [0.29, 0.717) is 29.0 Å². The zero-order chi connectivity index (χ0) is 19.8. The standard InChI is InChI=1S/C23H26O4/c1-16(2)11-14-19-20(25-3)15-18(13-12-17-9-7-6-8-10-17)21(22(19)26-4)23(24)27-5/h6-10,12-13,15H,1,11,14H2,2-5H3. The summed E-state index contributed by atoms with van der Waals surface area (Å²) in [7, 11) is 4.53. The van der Waals surface area contributed by atoms with Crippen molar-refractivity contribution in [1.29, 1.82) is 0 Å². The molecule has 0 bridgehead atoms. The summed E-state index contributed by atoms with van der Waals surface area (Å²) in [6, 6.07) is 11.7. The molecule has 2 aromatic rings. The number of methoxy groups -OCH3 is 3. The van der Waals surface area contributed by atoms with Crippen molar-refractivity contribution in [3.8, 4) is 11.5 Å². The molecule has 0 amide bonds. The molecule has 0 radical (unpaired) electrons. The van der Waals surface area contributed by atoms with Gasteiger partial charge in [0, 0.05) is 5.56 Å². The van der Waals surface area contributed by atoms with E-state index in [2.05, 4.69) is 6.58 Å². The molecular weight excluding hydrogens is 340 g/mol. The van der Waals surface area contributed by atoms with Gasteiger partial charge in [-0.3, -0.25) is 0 Å². The first-order valence-electron chi connectivity index (χ1n) is 8.75. The van der Waals surface area contributed by atoms with Crippen molar-refractivity contribution in [2.24, 2.45) is 0 Å². The van der Waals surface area contributed by atoms with Crippen LogP contribution in [0.25, 0.3) is 12.2 Å². The van der Waals surface area contributed by atoms with Crippen LogP contribution in [0.5, 0.6) is 11.5 Å². The van der Waals surface area contributed by atoms with Crippen molar-refractivity contribution in [3.05, 3.63) is 70.8 Å². The number of hydrogen-bond donors (Lipinski definition) is 0. The van der Waals surface area contributed by atoms with Crippen LogP contribution >= 0.6 is 0 Å². The van der Waals surface area contributed by atoms with E-state index in [1.165, 1.54) is 7.11 Å². The zero-order valence-corrected chi connectivity index (χ0v) is 16.4. The lowest BCUT2D eigenvalue weighted by molar-refractivity contribution is 0.0596. The molecule has 0 N–H and O–H groups in total. The third-order valence-corrected chi connectivity index (χ3v) is 4.24. The van der Waals surface area contributed by atoms with Crippen LogP contribution in [-0.4, -0.2) is 27.3 Å². The van der Waals surface area contributed by atoms with Gasteiger partial charge in [-0.15, -0.1) is 6.58 Å². The van der Waals surface area contributed by atoms with Gasteiger partial charge in [-0.25, -0.2) is 4.79 Å². The second-order valence-corrected chi connectivity index (χ2v) is 6.25. The molecule has 142 valence electrons. The van der Waals surface area contributed by atoms with Crippen LogP contribution in [0.3, 0.4) is 0 Å². The van der Waals surface area contributed by atoms with E-state index in [9.17, 15) is 4.79 Å². The average Bonchev–Trinajstić information content (AvgIpc) is 2.69. The minimum atomic E-state index is -0.446. The number of hydrogen-bond acceptors (Lipinski definition) is 4. The number of benzene rings is 2. The van der Waals surface area contributed by atoms with Crippen molar-refractivity contribution in [1.82, 2.24) is 0 Å². The summed E-state index contributed by atoms with van der Waals surface area (Å²) in [5.41, 5.74) is 3.98. The Kier molecular flexibility index (Phi) is 7.24. The minimum Gasteiger partial charge on any atom is -0.496 e. The van der Waals surface area contributed by atoms with Crippen LogP contribution in [-0.2, 0) is 11.2 Å². The molecular formula is C23H26O4. The third kappa shape index (κ3) is 5.00. The van der Waals surface area contributed by atoms with Crippen LogP contribution in [0.4, 0.5) is 0 Å². The molecule has 0 heterocycles. The van der Waals surface area contributed by atoms with Gasteiger partial charge < -0.3 is 14.2 Å². The first kappa shape index (κ1) is 20.3. The Morgan fingerprint density at radius 3 is 2.33 bits per heavy atom. The first-order chi connectivity index (χ1) is 13.0. The number of carbonyl (C=O) groups is 1. The molecule has 0 atom stereocenters. The Labute approximate surface area is 161 Å². The van der Waals surface area contributed by atoms with Gasteiger partial charge in [-0.05, 0) is 37.0 Å². The Bertz CT molecular complexity index is 835. The highest BCUT2D eigenvalue weighted by Gasteiger charge is 2.24. The smallest absolute Gasteiger partial charge is 0.342 e. The Hall–Kier alpha value is -3.01. The van der Waals surface area contributed by atoms with E-state index in [4.69, 9.17) is 14.2 Å². The third-order valence-electron chi connectivity index (χ3n) is 4.24. The Balaban J connectivity index is 2.62. The predicted molar refractivity (Wildman–Crippen MR) is 109 cm³/mol. The van der Waals surface area contributed by atoms with E-state index in [-0.39, 0.29) is 0 Å². The SMILES string of the molecule is C=C(C)CCc1c(OC)cc(C=Cc2ccccc2)c(C(=O)OC)c1OC. The van der Waals surface area contributed by atoms with Crippen molar-refractivity contribution < 1.29 is 19.0 Å². The average molecular weight is 366 g/mol. The summed E-state index contributed by atoms with van der Waals surface area (Å²) in [4.78, 5) is 12.5. The van der Waals surface area contributed by atoms with Gasteiger partial charge in [0.1, 0.15) is 17.1 Å². The number of allylic oxidation sites excluding steroid dienone is 1. The summed E-state index contributed by atoms with van der Waals surface area (Å²) < 4.78 is 16.2. The fourth-order valence-electron chi connectivity index (χ4n) is 2.87. The van der Waals surface area contributed by atoms with Crippen molar-refractivity contribution in [3.63, 3.8) is 0 Å². The maximum absolute atomic E-state index is 12.5. The van der Waals surface area contributed by atoms with E-state index in [0.717, 1.165) is 23.1 Å². The highest BCUT2D eigenvalue weighted by molar-refractivity contribution is 5.98. The zero-order valence-electron chi connectivity index (χ0n) is 16.4. The highest BCUT2D eigenvalue weighted by atomic mass is 16.5. The van der Waals surface area contributed by atoms with Crippen LogP contribution in [0.15, 0.2) is 48.6 Å². The normalized spacial score (nSPS) is 10.7. The summed E-state index contributed by atoms with van der Waals surface area (Å²) in [5, 5.41) is 0. The highest BCUT2D eigenvalue weighted by Crippen LogP contribution is 2.38. The molecule has 0 fully saturated rings. The summed E-state index contributed by atoms with van der Waals surface area (Å²) in [6.07, 6.45) is 5.24. The fraction of sp³-hybridized carbons (Fsp3) is 0.261. The first-order valence-corrected chi connectivity index (χ1v) is 8.75. The second kappa shape index (κ2) is 9.62. The minimum absolute atomic E-state index is 0.393. The van der Waals surface area contributed by atoms with Gasteiger partial charge >= 0.3 is 5.97 Å². The van der Waals surface area contributed by atoms with Crippen LogP contribution in [0, 0.1) is 0 Å². The lowest BCUT2D eigenvalue weighted by Gasteiger charge is -2.18. The largest absolute Gasteiger partial charge is 0.496 e. The van der Waals surface area contributed by atoms with Crippen molar-refractivity contribution in [2.45, 2.75) is 19.8 Å². The molecule has 0 saturated heterocycles. The Morgan fingerprint density at radius 2 is 1.78 bits per heavy atom. The summed E-state index contributed by atoms with van der Waals surface area (Å²) in [5.74, 6) is 0.711. The molecule has 0 saturated carbocycles. The van der Waals surface area contributed by atoms with Crippen LogP contribution in [0.2, 0.25) is 0 Å². The fourth-order valence-corrected chi connectivity index (χ4v) is 2.87. The molecule has 0 spiro atoms. The molecule has 2 aromatic carbocycles. The van der Waals surface area contributed by atoms with Gasteiger partial charge in [-0.2, -0.15) is 0 Å². The van der Waals surface area contributed by atoms with Gasteiger partial charge in [0.25, 0.3) is 0 Å². The molecule has 0 aliphatic heterocycles. The molecule has 0 aliphatic rings. The molecule has 0 unspecified atom stereocenters. The lowest BCUT2D eigenvalue weighted by Crippen LogP contribution is -2.10. The molecule has 0 aliphatic carbocycles. The van der Waals surface area contributed by atoms with E-state index < -0.39 is 5.97 Å². The lowest BCUT2D eigenvalue weighted by atomic mass is 9.96. The topological polar surface area (TPSA) is 44.8 Å². The summed E-state index contributed by atoms with van der Waals surface area (Å²) in [6.45, 7) is 5.92. The predicted octanol–water partition coefficient (Wildman–Crippen LogP) is 5.17. The number of ether oxygens (including phenoxy) is 3. The number of rotatable bonds is 8. The van der Waals surface area contributed by atoms with Gasteiger partial charge in [0.2, 0.25) is 0 Å². The number of carbonyl (C=O) groups excluding carboxylic acids is 1. The van der Waals surface area contributed by atoms with Gasteiger partial charge in [-0.1, -0.05) is 48.1 Å². The number of esters is 1. The molecule has 27 heavy (non-hydrogen) atoms. The van der Waals surface area contributed by atoms with Crippen LogP contribution in [0.1, 0.15) is 40.4 Å². The maximum Gasteiger partial charge on any atom is 0.342 e. The van der Waals surface area contributed by atoms with Gasteiger partial charge in [0.05, 0.1) is 21.3 Å². The van der Waals surface area contributed by atoms with E-state index in [1.54, 1.807) is 14.2 Å². The second-order valence-electron chi connectivity index (χ2n) is 6.25. The molecule has 2 rings (SSSR count). The molecule has 0 aromatic heterocycles. The van der Waals surface area contributed by atoms with E-state index >= 15 is 0 Å². The summed E-state index contributed by atoms with van der Waals surface area (Å²) >= 11 is 0. The maximum atomic E-state index is 12.5. The van der Waals surface area contributed by atoms with Gasteiger partial charge in [0.15, 0.2) is 0 Å². The molecule has 4 heteroatoms.